The third kappa shape index (κ3) is 4.06. The number of hydrogen-bond donors (Lipinski definition) is 1. The maximum atomic E-state index is 12.5. The number of anilines is 1. The first-order valence-electron chi connectivity index (χ1n) is 9.70. The molecule has 144 valence electrons. The van der Waals surface area contributed by atoms with Crippen molar-refractivity contribution >= 4 is 11.7 Å². The summed E-state index contributed by atoms with van der Waals surface area (Å²) in [5.41, 5.74) is 4.94. The van der Waals surface area contributed by atoms with Crippen molar-refractivity contribution in [2.24, 2.45) is 5.92 Å². The van der Waals surface area contributed by atoms with Crippen molar-refractivity contribution in [2.75, 3.05) is 5.32 Å². The van der Waals surface area contributed by atoms with Crippen molar-refractivity contribution in [3.05, 3.63) is 66.1 Å². The van der Waals surface area contributed by atoms with E-state index in [1.807, 2.05) is 41.3 Å². The van der Waals surface area contributed by atoms with E-state index in [0.29, 0.717) is 24.7 Å². The lowest BCUT2D eigenvalue weighted by Crippen LogP contribution is -2.30. The van der Waals surface area contributed by atoms with E-state index in [0.717, 1.165) is 24.2 Å². The van der Waals surface area contributed by atoms with Gasteiger partial charge in [0.1, 0.15) is 0 Å². The number of pyridine rings is 1. The van der Waals surface area contributed by atoms with Gasteiger partial charge in [0.2, 0.25) is 0 Å². The zero-order chi connectivity index (χ0) is 19.5. The molecule has 3 aromatic rings. The van der Waals surface area contributed by atoms with E-state index in [1.165, 1.54) is 11.1 Å². The molecule has 2 aromatic heterocycles. The molecular weight excluding hydrogens is 350 g/mol. The fraction of sp³-hybridized carbons (Fsp3) is 0.318. The van der Waals surface area contributed by atoms with Gasteiger partial charge in [0.15, 0.2) is 0 Å². The van der Waals surface area contributed by atoms with Crippen LogP contribution < -0.4 is 5.32 Å². The van der Waals surface area contributed by atoms with Crippen LogP contribution in [0.2, 0.25) is 0 Å². The molecule has 6 nitrogen and oxygen atoms in total. The molecule has 0 saturated heterocycles. The van der Waals surface area contributed by atoms with E-state index < -0.39 is 0 Å². The molecule has 0 aliphatic carbocycles. The van der Waals surface area contributed by atoms with Crippen LogP contribution in [0.5, 0.6) is 0 Å². The number of carbonyl (C=O) groups excluding carboxylic acids is 1. The molecule has 6 heteroatoms. The van der Waals surface area contributed by atoms with Crippen molar-refractivity contribution in [1.29, 1.82) is 0 Å². The second-order valence-electron chi connectivity index (χ2n) is 7.66. The van der Waals surface area contributed by atoms with Crippen LogP contribution >= 0.6 is 0 Å². The number of rotatable bonds is 5. The standard InChI is InChI=1S/C22H25N5O/c1-16(2)9-10-27-15-19(11-24-27)21-8-7-20(12-23-21)25-22(28)26-13-17-5-3-4-6-18(17)14-26/h3-8,11-12,15-16H,9-10,13-14H2,1-2H3,(H,25,28). The molecule has 4 rings (SSSR count). The van der Waals surface area contributed by atoms with E-state index >= 15 is 0 Å². The predicted molar refractivity (Wildman–Crippen MR) is 110 cm³/mol. The molecule has 1 aliphatic rings. The molecule has 28 heavy (non-hydrogen) atoms. The Morgan fingerprint density at radius 3 is 2.50 bits per heavy atom. The Kier molecular flexibility index (Phi) is 5.10. The van der Waals surface area contributed by atoms with E-state index in [4.69, 9.17) is 0 Å². The lowest BCUT2D eigenvalue weighted by Gasteiger charge is -2.16. The van der Waals surface area contributed by atoms with Crippen LogP contribution in [0.3, 0.4) is 0 Å². The number of nitrogens with one attached hydrogen (secondary N) is 1. The van der Waals surface area contributed by atoms with Gasteiger partial charge in [-0.2, -0.15) is 5.10 Å². The quantitative estimate of drug-likeness (QED) is 0.712. The van der Waals surface area contributed by atoms with Crippen LogP contribution in [0, 0.1) is 5.92 Å². The number of benzene rings is 1. The predicted octanol–water partition coefficient (Wildman–Crippen LogP) is 4.54. The van der Waals surface area contributed by atoms with Crippen molar-refractivity contribution in [3.8, 4) is 11.3 Å². The summed E-state index contributed by atoms with van der Waals surface area (Å²) in [6.45, 7) is 6.61. The van der Waals surface area contributed by atoms with Gasteiger partial charge in [0.25, 0.3) is 0 Å². The molecule has 2 amide bonds. The molecule has 0 fully saturated rings. The third-order valence-corrected chi connectivity index (χ3v) is 5.01. The van der Waals surface area contributed by atoms with E-state index in [1.54, 1.807) is 11.1 Å². The van der Waals surface area contributed by atoms with Gasteiger partial charge in [-0.05, 0) is 35.6 Å². The SMILES string of the molecule is CC(C)CCn1cc(-c2ccc(NC(=O)N3Cc4ccccc4C3)cn2)cn1. The Labute approximate surface area is 165 Å². The van der Waals surface area contributed by atoms with Gasteiger partial charge < -0.3 is 10.2 Å². The average Bonchev–Trinajstić information content (AvgIpc) is 3.34. The summed E-state index contributed by atoms with van der Waals surface area (Å²) in [5, 5.41) is 7.35. The smallest absolute Gasteiger partial charge is 0.316 e. The Balaban J connectivity index is 1.37. The second-order valence-corrected chi connectivity index (χ2v) is 7.66. The Hall–Kier alpha value is -3.15. The van der Waals surface area contributed by atoms with Crippen LogP contribution in [0.25, 0.3) is 11.3 Å². The number of hydrogen-bond acceptors (Lipinski definition) is 3. The Morgan fingerprint density at radius 2 is 1.86 bits per heavy atom. The number of aryl methyl sites for hydroxylation is 1. The highest BCUT2D eigenvalue weighted by Crippen LogP contribution is 2.23. The van der Waals surface area contributed by atoms with Crippen LogP contribution in [0.15, 0.2) is 55.0 Å². The molecule has 0 spiro atoms. The maximum Gasteiger partial charge on any atom is 0.322 e. The largest absolute Gasteiger partial charge is 0.322 e. The summed E-state index contributed by atoms with van der Waals surface area (Å²) in [6.07, 6.45) is 6.65. The number of urea groups is 1. The third-order valence-electron chi connectivity index (χ3n) is 5.01. The highest BCUT2D eigenvalue weighted by atomic mass is 16.2. The summed E-state index contributed by atoms with van der Waals surface area (Å²) in [5.74, 6) is 0.650. The first-order chi connectivity index (χ1) is 13.6. The van der Waals surface area contributed by atoms with E-state index in [2.05, 4.69) is 41.4 Å². The summed E-state index contributed by atoms with van der Waals surface area (Å²) in [4.78, 5) is 18.8. The van der Waals surface area contributed by atoms with Crippen LogP contribution in [-0.2, 0) is 19.6 Å². The minimum atomic E-state index is -0.104. The molecule has 1 aliphatic heterocycles. The molecular formula is C22H25N5O. The van der Waals surface area contributed by atoms with Gasteiger partial charge in [-0.15, -0.1) is 0 Å². The fourth-order valence-corrected chi connectivity index (χ4v) is 3.33. The first-order valence-corrected chi connectivity index (χ1v) is 9.70. The molecule has 0 radical (unpaired) electrons. The van der Waals surface area contributed by atoms with E-state index in [-0.39, 0.29) is 6.03 Å². The molecule has 3 heterocycles. The lowest BCUT2D eigenvalue weighted by atomic mass is 10.1. The highest BCUT2D eigenvalue weighted by Gasteiger charge is 2.22. The minimum Gasteiger partial charge on any atom is -0.316 e. The van der Waals surface area contributed by atoms with Gasteiger partial charge in [-0.25, -0.2) is 4.79 Å². The van der Waals surface area contributed by atoms with Crippen molar-refractivity contribution in [3.63, 3.8) is 0 Å². The second kappa shape index (κ2) is 7.84. The van der Waals surface area contributed by atoms with E-state index in [9.17, 15) is 4.79 Å². The van der Waals surface area contributed by atoms with Crippen LogP contribution in [0.4, 0.5) is 10.5 Å². The Morgan fingerprint density at radius 1 is 1.11 bits per heavy atom. The topological polar surface area (TPSA) is 63.1 Å². The maximum absolute atomic E-state index is 12.5. The minimum absolute atomic E-state index is 0.104. The Bertz CT molecular complexity index is 936. The molecule has 0 saturated carbocycles. The highest BCUT2D eigenvalue weighted by molar-refractivity contribution is 5.89. The molecule has 0 bridgehead atoms. The summed E-state index contributed by atoms with van der Waals surface area (Å²) < 4.78 is 1.96. The molecule has 1 N–H and O–H groups in total. The molecule has 1 aromatic carbocycles. The zero-order valence-corrected chi connectivity index (χ0v) is 16.3. The number of nitrogens with zero attached hydrogens (tertiary/aromatic N) is 4. The normalized spacial score (nSPS) is 13.0. The van der Waals surface area contributed by atoms with Crippen molar-refractivity contribution in [2.45, 2.75) is 39.9 Å². The number of carbonyl (C=O) groups is 1. The summed E-state index contributed by atoms with van der Waals surface area (Å²) in [6, 6.07) is 11.8. The molecule has 0 unspecified atom stereocenters. The molecule has 0 atom stereocenters. The van der Waals surface area contributed by atoms with Crippen molar-refractivity contribution in [1.82, 2.24) is 19.7 Å². The van der Waals surface area contributed by atoms with Crippen LogP contribution in [-0.4, -0.2) is 25.7 Å². The number of fused-ring (bicyclic) bond motifs is 1. The fourth-order valence-electron chi connectivity index (χ4n) is 3.33. The van der Waals surface area contributed by atoms with Crippen LogP contribution in [0.1, 0.15) is 31.4 Å². The van der Waals surface area contributed by atoms with Gasteiger partial charge in [0.05, 0.1) is 23.8 Å². The average molecular weight is 375 g/mol. The van der Waals surface area contributed by atoms with Gasteiger partial charge in [0, 0.05) is 31.4 Å². The summed E-state index contributed by atoms with van der Waals surface area (Å²) in [7, 11) is 0. The lowest BCUT2D eigenvalue weighted by molar-refractivity contribution is 0.212. The number of aromatic nitrogens is 3. The van der Waals surface area contributed by atoms with Gasteiger partial charge >= 0.3 is 6.03 Å². The van der Waals surface area contributed by atoms with Gasteiger partial charge in [-0.3, -0.25) is 9.67 Å². The van der Waals surface area contributed by atoms with Gasteiger partial charge in [-0.1, -0.05) is 38.1 Å². The van der Waals surface area contributed by atoms with Crippen molar-refractivity contribution < 1.29 is 4.79 Å². The zero-order valence-electron chi connectivity index (χ0n) is 16.3. The summed E-state index contributed by atoms with van der Waals surface area (Å²) >= 11 is 0. The first kappa shape index (κ1) is 18.2. The number of amides is 2. The monoisotopic (exact) mass is 375 g/mol.